The fourth-order valence-corrected chi connectivity index (χ4v) is 2.90. The van der Waals surface area contributed by atoms with E-state index in [0.29, 0.717) is 0 Å². The van der Waals surface area contributed by atoms with Gasteiger partial charge < -0.3 is 4.48 Å². The van der Waals surface area contributed by atoms with E-state index >= 15 is 0 Å². The molecule has 1 heteroatoms. The van der Waals surface area contributed by atoms with Crippen molar-refractivity contribution in [2.45, 2.75) is 58.3 Å². The lowest BCUT2D eigenvalue weighted by atomic mass is 10.1. The van der Waals surface area contributed by atoms with Crippen LogP contribution in [0.4, 0.5) is 0 Å². The van der Waals surface area contributed by atoms with Crippen molar-refractivity contribution in [3.05, 3.63) is 38.0 Å². The second-order valence-electron chi connectivity index (χ2n) is 5.95. The van der Waals surface area contributed by atoms with Crippen LogP contribution in [0.2, 0.25) is 0 Å². The zero-order valence-electron chi connectivity index (χ0n) is 13.8. The van der Waals surface area contributed by atoms with Gasteiger partial charge in [0.1, 0.15) is 0 Å². The summed E-state index contributed by atoms with van der Waals surface area (Å²) >= 11 is 0. The van der Waals surface area contributed by atoms with Crippen molar-refractivity contribution < 1.29 is 4.48 Å². The Morgan fingerprint density at radius 1 is 0.650 bits per heavy atom. The van der Waals surface area contributed by atoms with Crippen LogP contribution in [0.1, 0.15) is 58.3 Å². The molecule has 0 N–H and O–H groups in total. The van der Waals surface area contributed by atoms with E-state index in [-0.39, 0.29) is 0 Å². The average molecular weight is 279 g/mol. The van der Waals surface area contributed by atoms with Gasteiger partial charge >= 0.3 is 0 Å². The van der Waals surface area contributed by atoms with Crippen LogP contribution in [0.15, 0.2) is 38.0 Å². The third-order valence-corrected chi connectivity index (χ3v) is 4.04. The van der Waals surface area contributed by atoms with Crippen LogP contribution in [0.5, 0.6) is 0 Å². The standard InChI is InChI=1S/C19H36N/c1-5-9-10-11-12-13-14-15-19-20(16-6-2,17-7-3)18-8-4/h6-8H,2-5,9-19H2,1H3/q+1. The van der Waals surface area contributed by atoms with Gasteiger partial charge in [0.25, 0.3) is 0 Å². The van der Waals surface area contributed by atoms with E-state index < -0.39 is 0 Å². The van der Waals surface area contributed by atoms with Gasteiger partial charge in [-0.1, -0.05) is 65.2 Å². The van der Waals surface area contributed by atoms with E-state index in [9.17, 15) is 0 Å². The number of rotatable bonds is 15. The Hall–Kier alpha value is -0.820. The second-order valence-corrected chi connectivity index (χ2v) is 5.95. The van der Waals surface area contributed by atoms with Crippen molar-refractivity contribution >= 4 is 0 Å². The summed E-state index contributed by atoms with van der Waals surface area (Å²) < 4.78 is 1.05. The molecular weight excluding hydrogens is 242 g/mol. The molecule has 0 unspecified atom stereocenters. The summed E-state index contributed by atoms with van der Waals surface area (Å²) in [5.74, 6) is 0. The SMILES string of the molecule is C=CC[N+](CC=C)(CC=C)CCCCCCCCCC. The van der Waals surface area contributed by atoms with E-state index in [1.54, 1.807) is 0 Å². The molecule has 0 radical (unpaired) electrons. The molecule has 0 fully saturated rings. The molecule has 0 aliphatic rings. The third kappa shape index (κ3) is 9.14. The molecule has 0 aromatic heterocycles. The molecule has 20 heavy (non-hydrogen) atoms. The summed E-state index contributed by atoms with van der Waals surface area (Å²) in [5.41, 5.74) is 0. The van der Waals surface area contributed by atoms with Crippen molar-refractivity contribution in [1.82, 2.24) is 0 Å². The predicted octanol–water partition coefficient (Wildman–Crippen LogP) is 5.50. The predicted molar refractivity (Wildman–Crippen MR) is 92.9 cm³/mol. The highest BCUT2D eigenvalue weighted by molar-refractivity contribution is 4.76. The maximum atomic E-state index is 3.91. The van der Waals surface area contributed by atoms with Gasteiger partial charge in [0.05, 0.1) is 26.2 Å². The molecular formula is C19H36N+. The molecule has 0 heterocycles. The third-order valence-electron chi connectivity index (χ3n) is 4.04. The molecule has 0 aliphatic heterocycles. The molecule has 0 aliphatic carbocycles. The Bertz CT molecular complexity index is 228. The maximum absolute atomic E-state index is 3.91. The minimum Gasteiger partial charge on any atom is -0.314 e. The minimum absolute atomic E-state index is 1.02. The van der Waals surface area contributed by atoms with Gasteiger partial charge in [-0.05, 0) is 31.1 Å². The van der Waals surface area contributed by atoms with E-state index in [0.717, 1.165) is 24.1 Å². The van der Waals surface area contributed by atoms with Crippen LogP contribution in [-0.2, 0) is 0 Å². The molecule has 0 saturated heterocycles. The first-order valence-corrected chi connectivity index (χ1v) is 8.42. The topological polar surface area (TPSA) is 0 Å². The zero-order chi connectivity index (χ0) is 15.1. The summed E-state index contributed by atoms with van der Waals surface area (Å²) in [6.07, 6.45) is 17.2. The smallest absolute Gasteiger partial charge is 0.0975 e. The highest BCUT2D eigenvalue weighted by Gasteiger charge is 2.21. The Kier molecular flexibility index (Phi) is 12.6. The number of hydrogen-bond acceptors (Lipinski definition) is 0. The van der Waals surface area contributed by atoms with Gasteiger partial charge in [0, 0.05) is 0 Å². The Morgan fingerprint density at radius 2 is 1.05 bits per heavy atom. The van der Waals surface area contributed by atoms with Crippen LogP contribution in [0.3, 0.4) is 0 Å². The lowest BCUT2D eigenvalue weighted by molar-refractivity contribution is -0.912. The molecule has 0 saturated carbocycles. The van der Waals surface area contributed by atoms with E-state index in [1.807, 2.05) is 18.2 Å². The van der Waals surface area contributed by atoms with Gasteiger partial charge in [0.15, 0.2) is 0 Å². The monoisotopic (exact) mass is 278 g/mol. The quantitative estimate of drug-likeness (QED) is 0.211. The fourth-order valence-electron chi connectivity index (χ4n) is 2.90. The Morgan fingerprint density at radius 3 is 1.45 bits per heavy atom. The normalized spacial score (nSPS) is 11.2. The van der Waals surface area contributed by atoms with Crippen molar-refractivity contribution in [1.29, 1.82) is 0 Å². The summed E-state index contributed by atoms with van der Waals surface area (Å²) in [7, 11) is 0. The number of hydrogen-bond donors (Lipinski definition) is 0. The summed E-state index contributed by atoms with van der Waals surface area (Å²) in [5, 5.41) is 0. The minimum atomic E-state index is 1.02. The van der Waals surface area contributed by atoms with Gasteiger partial charge in [-0.15, -0.1) is 0 Å². The summed E-state index contributed by atoms with van der Waals surface area (Å²) in [6, 6.07) is 0. The van der Waals surface area contributed by atoms with E-state index in [1.165, 1.54) is 57.9 Å². The average Bonchev–Trinajstić information content (AvgIpc) is 2.43. The van der Waals surface area contributed by atoms with E-state index in [2.05, 4.69) is 26.7 Å². The van der Waals surface area contributed by atoms with Gasteiger partial charge in [0.2, 0.25) is 0 Å². The molecule has 116 valence electrons. The molecule has 0 aromatic rings. The van der Waals surface area contributed by atoms with Crippen LogP contribution in [0.25, 0.3) is 0 Å². The molecule has 1 nitrogen and oxygen atoms in total. The van der Waals surface area contributed by atoms with Crippen molar-refractivity contribution in [2.75, 3.05) is 26.2 Å². The van der Waals surface area contributed by atoms with Crippen molar-refractivity contribution in [2.24, 2.45) is 0 Å². The van der Waals surface area contributed by atoms with Crippen LogP contribution >= 0.6 is 0 Å². The molecule has 0 bridgehead atoms. The zero-order valence-corrected chi connectivity index (χ0v) is 13.8. The fraction of sp³-hybridized carbons (Fsp3) is 0.684. The first-order valence-electron chi connectivity index (χ1n) is 8.42. The summed E-state index contributed by atoms with van der Waals surface area (Å²) in [6.45, 7) is 18.3. The number of nitrogens with zero attached hydrogens (tertiary/aromatic N) is 1. The van der Waals surface area contributed by atoms with Gasteiger partial charge in [-0.2, -0.15) is 0 Å². The Labute approximate surface area is 127 Å². The van der Waals surface area contributed by atoms with Crippen LogP contribution in [0, 0.1) is 0 Å². The maximum Gasteiger partial charge on any atom is 0.0975 e. The highest BCUT2D eigenvalue weighted by atomic mass is 15.3. The molecule has 0 rings (SSSR count). The first kappa shape index (κ1) is 19.2. The summed E-state index contributed by atoms with van der Waals surface area (Å²) in [4.78, 5) is 0. The molecule has 0 aromatic carbocycles. The first-order chi connectivity index (χ1) is 9.74. The van der Waals surface area contributed by atoms with E-state index in [4.69, 9.17) is 0 Å². The molecule has 0 atom stereocenters. The lowest BCUT2D eigenvalue weighted by Crippen LogP contribution is -2.49. The van der Waals surface area contributed by atoms with Crippen molar-refractivity contribution in [3.63, 3.8) is 0 Å². The number of quaternary nitrogens is 1. The van der Waals surface area contributed by atoms with Gasteiger partial charge in [-0.3, -0.25) is 0 Å². The Balaban J connectivity index is 3.91. The van der Waals surface area contributed by atoms with Crippen LogP contribution < -0.4 is 0 Å². The number of unbranched alkanes of at least 4 members (excludes halogenated alkanes) is 7. The molecule has 0 amide bonds. The second kappa shape index (κ2) is 13.2. The highest BCUT2D eigenvalue weighted by Crippen LogP contribution is 2.13. The van der Waals surface area contributed by atoms with Crippen molar-refractivity contribution in [3.8, 4) is 0 Å². The molecule has 0 spiro atoms. The van der Waals surface area contributed by atoms with Gasteiger partial charge in [-0.25, -0.2) is 0 Å². The lowest BCUT2D eigenvalue weighted by Gasteiger charge is -2.36. The largest absolute Gasteiger partial charge is 0.314 e. The van der Waals surface area contributed by atoms with Crippen LogP contribution in [-0.4, -0.2) is 30.7 Å².